The van der Waals surface area contributed by atoms with Gasteiger partial charge < -0.3 is 9.73 Å². The van der Waals surface area contributed by atoms with E-state index in [-0.39, 0.29) is 5.91 Å². The van der Waals surface area contributed by atoms with E-state index in [0.717, 1.165) is 11.4 Å². The summed E-state index contributed by atoms with van der Waals surface area (Å²) in [6.45, 7) is 1.76. The molecule has 0 aliphatic rings. The van der Waals surface area contributed by atoms with Gasteiger partial charge in [-0.3, -0.25) is 4.79 Å². The minimum absolute atomic E-state index is 0.178. The van der Waals surface area contributed by atoms with Gasteiger partial charge in [-0.05, 0) is 43.3 Å². The maximum atomic E-state index is 12.0. The van der Waals surface area contributed by atoms with E-state index < -0.39 is 0 Å². The number of nitrogens with zero attached hydrogens (tertiary/aromatic N) is 2. The molecule has 0 spiro atoms. The van der Waals surface area contributed by atoms with Crippen molar-refractivity contribution in [3.05, 3.63) is 66.4 Å². The molecule has 5 heteroatoms. The van der Waals surface area contributed by atoms with Crippen LogP contribution < -0.4 is 5.32 Å². The van der Waals surface area contributed by atoms with Gasteiger partial charge in [0.15, 0.2) is 0 Å². The van der Waals surface area contributed by atoms with E-state index in [1.54, 1.807) is 23.9 Å². The number of carbonyl (C=O) groups is 1. The average molecular weight is 267 g/mol. The molecule has 0 radical (unpaired) electrons. The molecule has 20 heavy (non-hydrogen) atoms. The molecule has 0 unspecified atom stereocenters. The Bertz CT molecular complexity index is 712. The van der Waals surface area contributed by atoms with Gasteiger partial charge in [-0.2, -0.15) is 5.10 Å². The predicted molar refractivity (Wildman–Crippen MR) is 75.0 cm³/mol. The maximum absolute atomic E-state index is 12.0. The number of benzene rings is 1. The number of nitrogens with one attached hydrogen (secondary N) is 1. The van der Waals surface area contributed by atoms with Crippen molar-refractivity contribution >= 4 is 11.6 Å². The molecule has 0 bridgehead atoms. The molecule has 2 heterocycles. The Balaban J connectivity index is 1.76. The molecule has 0 saturated heterocycles. The first kappa shape index (κ1) is 12.2. The van der Waals surface area contributed by atoms with Gasteiger partial charge in [0.25, 0.3) is 5.91 Å². The zero-order valence-corrected chi connectivity index (χ0v) is 10.9. The van der Waals surface area contributed by atoms with Crippen LogP contribution in [0.2, 0.25) is 0 Å². The molecule has 3 rings (SSSR count). The van der Waals surface area contributed by atoms with Crippen LogP contribution >= 0.6 is 0 Å². The van der Waals surface area contributed by atoms with Crippen molar-refractivity contribution in [2.75, 3.05) is 5.32 Å². The first-order valence-corrected chi connectivity index (χ1v) is 6.19. The van der Waals surface area contributed by atoms with E-state index in [4.69, 9.17) is 4.42 Å². The second-order valence-corrected chi connectivity index (χ2v) is 4.34. The molecule has 1 aromatic carbocycles. The predicted octanol–water partition coefficient (Wildman–Crippen LogP) is 3.03. The van der Waals surface area contributed by atoms with E-state index in [1.807, 2.05) is 36.5 Å². The monoisotopic (exact) mass is 267 g/mol. The zero-order chi connectivity index (χ0) is 13.9. The number of amides is 1. The van der Waals surface area contributed by atoms with Crippen LogP contribution in [0.4, 0.5) is 5.69 Å². The van der Waals surface area contributed by atoms with Crippen molar-refractivity contribution in [2.24, 2.45) is 0 Å². The highest BCUT2D eigenvalue weighted by Crippen LogP contribution is 2.15. The van der Waals surface area contributed by atoms with E-state index in [0.29, 0.717) is 11.3 Å². The second kappa shape index (κ2) is 5.05. The third-order valence-corrected chi connectivity index (χ3v) is 3.00. The van der Waals surface area contributed by atoms with E-state index in [2.05, 4.69) is 10.4 Å². The van der Waals surface area contributed by atoms with Crippen molar-refractivity contribution in [1.82, 2.24) is 9.78 Å². The van der Waals surface area contributed by atoms with Gasteiger partial charge >= 0.3 is 0 Å². The minimum atomic E-state index is -0.178. The van der Waals surface area contributed by atoms with Crippen LogP contribution in [0, 0.1) is 6.92 Å². The van der Waals surface area contributed by atoms with Gasteiger partial charge in [-0.15, -0.1) is 0 Å². The molecular formula is C15H13N3O2. The zero-order valence-electron chi connectivity index (χ0n) is 10.9. The average Bonchev–Trinajstić information content (AvgIpc) is 3.10. The normalized spacial score (nSPS) is 10.4. The number of hydrogen-bond donors (Lipinski definition) is 1. The fourth-order valence-electron chi connectivity index (χ4n) is 1.94. The lowest BCUT2D eigenvalue weighted by molar-refractivity contribution is 0.102. The van der Waals surface area contributed by atoms with Gasteiger partial charge in [-0.25, -0.2) is 4.68 Å². The largest absolute Gasteiger partial charge is 0.469 e. The Morgan fingerprint density at radius 1 is 1.25 bits per heavy atom. The highest BCUT2D eigenvalue weighted by Gasteiger charge is 2.11. The molecule has 100 valence electrons. The number of aromatic nitrogens is 2. The van der Waals surface area contributed by atoms with Crippen LogP contribution in [-0.2, 0) is 0 Å². The molecule has 3 aromatic rings. The highest BCUT2D eigenvalue weighted by atomic mass is 16.3. The van der Waals surface area contributed by atoms with E-state index in [9.17, 15) is 4.79 Å². The van der Waals surface area contributed by atoms with Crippen molar-refractivity contribution in [3.63, 3.8) is 0 Å². The summed E-state index contributed by atoms with van der Waals surface area (Å²) in [6, 6.07) is 11.0. The number of rotatable bonds is 3. The third kappa shape index (κ3) is 2.33. The first-order valence-electron chi connectivity index (χ1n) is 6.19. The molecule has 5 nitrogen and oxygen atoms in total. The Morgan fingerprint density at radius 3 is 2.65 bits per heavy atom. The summed E-state index contributed by atoms with van der Waals surface area (Å²) in [5, 5.41) is 6.98. The summed E-state index contributed by atoms with van der Waals surface area (Å²) < 4.78 is 6.87. The van der Waals surface area contributed by atoms with Crippen molar-refractivity contribution in [3.8, 4) is 5.69 Å². The summed E-state index contributed by atoms with van der Waals surface area (Å²) in [5.74, 6) is 0.429. The number of anilines is 1. The van der Waals surface area contributed by atoms with Gasteiger partial charge in [0, 0.05) is 18.1 Å². The van der Waals surface area contributed by atoms with Gasteiger partial charge in [-0.1, -0.05) is 0 Å². The number of carbonyl (C=O) groups excluding carboxylic acids is 1. The molecule has 0 saturated carbocycles. The lowest BCUT2D eigenvalue weighted by atomic mass is 10.2. The van der Waals surface area contributed by atoms with Crippen LogP contribution in [0.5, 0.6) is 0 Å². The van der Waals surface area contributed by atoms with Gasteiger partial charge in [0.1, 0.15) is 5.76 Å². The molecule has 0 atom stereocenters. The standard InChI is InChI=1S/C15H13N3O2/c1-11-14(7-10-20-11)15(19)17-12-3-5-13(6-4-12)18-9-2-8-16-18/h2-10H,1H3,(H,17,19). The van der Waals surface area contributed by atoms with Crippen molar-refractivity contribution in [2.45, 2.75) is 6.92 Å². The van der Waals surface area contributed by atoms with E-state index in [1.165, 1.54) is 6.26 Å². The Kier molecular flexibility index (Phi) is 3.09. The third-order valence-electron chi connectivity index (χ3n) is 3.00. The lowest BCUT2D eigenvalue weighted by Gasteiger charge is -2.06. The fraction of sp³-hybridized carbons (Fsp3) is 0.0667. The van der Waals surface area contributed by atoms with Crippen LogP contribution in [0.25, 0.3) is 5.69 Å². The Labute approximate surface area is 115 Å². The Hall–Kier alpha value is -2.82. The number of hydrogen-bond acceptors (Lipinski definition) is 3. The topological polar surface area (TPSA) is 60.1 Å². The first-order chi connectivity index (χ1) is 9.74. The van der Waals surface area contributed by atoms with Crippen LogP contribution in [0.1, 0.15) is 16.1 Å². The quantitative estimate of drug-likeness (QED) is 0.793. The summed E-state index contributed by atoms with van der Waals surface area (Å²) >= 11 is 0. The fourth-order valence-corrected chi connectivity index (χ4v) is 1.94. The summed E-state index contributed by atoms with van der Waals surface area (Å²) in [7, 11) is 0. The molecule has 0 aliphatic heterocycles. The van der Waals surface area contributed by atoms with Gasteiger partial charge in [0.2, 0.25) is 0 Å². The smallest absolute Gasteiger partial charge is 0.259 e. The Morgan fingerprint density at radius 2 is 2.05 bits per heavy atom. The minimum Gasteiger partial charge on any atom is -0.469 e. The summed E-state index contributed by atoms with van der Waals surface area (Å²) in [5.41, 5.74) is 2.21. The molecule has 1 N–H and O–H groups in total. The van der Waals surface area contributed by atoms with E-state index >= 15 is 0 Å². The molecule has 1 amide bonds. The van der Waals surface area contributed by atoms with Crippen LogP contribution in [0.3, 0.4) is 0 Å². The van der Waals surface area contributed by atoms with Crippen molar-refractivity contribution in [1.29, 1.82) is 0 Å². The van der Waals surface area contributed by atoms with Gasteiger partial charge in [0.05, 0.1) is 17.5 Å². The number of furan rings is 1. The molecular weight excluding hydrogens is 254 g/mol. The lowest BCUT2D eigenvalue weighted by Crippen LogP contribution is -2.12. The van der Waals surface area contributed by atoms with Crippen LogP contribution in [0.15, 0.2) is 59.5 Å². The highest BCUT2D eigenvalue weighted by molar-refractivity contribution is 6.04. The maximum Gasteiger partial charge on any atom is 0.259 e. The molecule has 0 fully saturated rings. The molecule has 0 aliphatic carbocycles. The SMILES string of the molecule is Cc1occc1C(=O)Nc1ccc(-n2cccn2)cc1. The molecule has 2 aromatic heterocycles. The van der Waals surface area contributed by atoms with Crippen molar-refractivity contribution < 1.29 is 9.21 Å². The summed E-state index contributed by atoms with van der Waals surface area (Å²) in [6.07, 6.45) is 5.09. The van der Waals surface area contributed by atoms with Crippen LogP contribution in [-0.4, -0.2) is 15.7 Å². The second-order valence-electron chi connectivity index (χ2n) is 4.34. The number of aryl methyl sites for hydroxylation is 1. The summed E-state index contributed by atoms with van der Waals surface area (Å²) in [4.78, 5) is 12.0.